The fourth-order valence-corrected chi connectivity index (χ4v) is 4.94. The van der Waals surface area contributed by atoms with Crippen molar-refractivity contribution in [3.63, 3.8) is 0 Å². The molecule has 0 atom stereocenters. The van der Waals surface area contributed by atoms with E-state index in [-0.39, 0.29) is 0 Å². The van der Waals surface area contributed by atoms with Crippen molar-refractivity contribution >= 4 is 19.9 Å². The molecule has 6 heteroatoms. The molecule has 0 fully saturated rings. The predicted molar refractivity (Wildman–Crippen MR) is 126 cm³/mol. The Hall–Kier alpha value is 0.220. The Morgan fingerprint density at radius 2 is 0.964 bits per heavy atom. The zero-order valence-corrected chi connectivity index (χ0v) is 20.3. The number of hydrogen-bond donors (Lipinski definition) is 1. The summed E-state index contributed by atoms with van der Waals surface area (Å²) in [6, 6.07) is 0. The number of nitrogens with zero attached hydrogens (tertiary/aromatic N) is 1. The summed E-state index contributed by atoms with van der Waals surface area (Å²) >= 11 is 0. The van der Waals surface area contributed by atoms with Crippen molar-refractivity contribution in [3.8, 4) is 0 Å². The molecule has 0 aliphatic heterocycles. The molecule has 0 saturated heterocycles. The first-order valence-electron chi connectivity index (χ1n) is 11.8. The molecule has 0 heterocycles. The number of rotatable bonds is 22. The third-order valence-corrected chi connectivity index (χ3v) is 7.34. The van der Waals surface area contributed by atoms with Gasteiger partial charge in [-0.05, 0) is 36.7 Å². The molecule has 0 aromatic heterocycles. The van der Waals surface area contributed by atoms with Gasteiger partial charge in [-0.1, -0.05) is 104 Å². The van der Waals surface area contributed by atoms with Crippen molar-refractivity contribution < 1.29 is 13.0 Å². The minimum absolute atomic E-state index is 0.451. The van der Waals surface area contributed by atoms with Gasteiger partial charge in [-0.15, -0.1) is 0 Å². The van der Waals surface area contributed by atoms with Gasteiger partial charge in [0.2, 0.25) is 0 Å². The molecule has 0 rings (SSSR count). The van der Waals surface area contributed by atoms with Crippen LogP contribution in [-0.2, 0) is 9.15 Å². The first kappa shape index (κ1) is 28.2. The number of hydrogen-bond acceptors (Lipinski definition) is 4. The van der Waals surface area contributed by atoms with Crippen LogP contribution in [0.25, 0.3) is 0 Å². The van der Waals surface area contributed by atoms with Crippen LogP contribution >= 0.6 is 10.8 Å². The minimum Gasteiger partial charge on any atom is -0.302 e. The Labute approximate surface area is 179 Å². The van der Waals surface area contributed by atoms with Crippen molar-refractivity contribution in [2.24, 2.45) is 0 Å². The normalized spacial score (nSPS) is 12.1. The molecular weight excluding hydrogens is 390 g/mol. The highest BCUT2D eigenvalue weighted by atomic mass is 33.1. The molecule has 0 unspecified atom stereocenters. The van der Waals surface area contributed by atoms with E-state index in [0.29, 0.717) is 16.5 Å². The van der Waals surface area contributed by atoms with E-state index in [0.717, 1.165) is 19.6 Å². The summed E-state index contributed by atoms with van der Waals surface area (Å²) in [6.07, 6.45) is 21.0. The van der Waals surface area contributed by atoms with Gasteiger partial charge in [0, 0.05) is 12.3 Å². The second kappa shape index (κ2) is 20.5. The average Bonchev–Trinajstić information content (AvgIpc) is 2.64. The summed E-state index contributed by atoms with van der Waals surface area (Å²) in [7, 11) is -3.25. The van der Waals surface area contributed by atoms with Crippen LogP contribution in [0, 0.1) is 0 Å². The summed E-state index contributed by atoms with van der Waals surface area (Å²) < 4.78 is 30.8. The molecule has 0 aliphatic rings. The van der Waals surface area contributed by atoms with E-state index in [9.17, 15) is 8.42 Å². The maximum Gasteiger partial charge on any atom is 0.319 e. The lowest BCUT2D eigenvalue weighted by atomic mass is 10.1. The van der Waals surface area contributed by atoms with Crippen LogP contribution in [0.3, 0.4) is 0 Å². The van der Waals surface area contributed by atoms with E-state index in [1.54, 1.807) is 0 Å². The first-order chi connectivity index (χ1) is 13.5. The maximum absolute atomic E-state index is 10.9. The van der Waals surface area contributed by atoms with Gasteiger partial charge in [0.25, 0.3) is 0 Å². The van der Waals surface area contributed by atoms with E-state index < -0.39 is 9.15 Å². The molecule has 0 aromatic rings. The van der Waals surface area contributed by atoms with E-state index in [1.807, 2.05) is 0 Å². The second-order valence-electron chi connectivity index (χ2n) is 8.04. The topological polar surface area (TPSA) is 57.6 Å². The maximum atomic E-state index is 10.9. The largest absolute Gasteiger partial charge is 0.319 e. The molecule has 0 aliphatic carbocycles. The minimum atomic E-state index is -3.91. The van der Waals surface area contributed by atoms with Gasteiger partial charge in [-0.25, -0.2) is 0 Å². The quantitative estimate of drug-likeness (QED) is 0.111. The monoisotopic (exact) mass is 437 g/mol. The second-order valence-corrected chi connectivity index (χ2v) is 11.5. The van der Waals surface area contributed by atoms with Crippen LogP contribution in [0.15, 0.2) is 0 Å². The number of unbranched alkanes of at least 4 members (excludes halogenated alkanes) is 14. The fourth-order valence-electron chi connectivity index (χ4n) is 3.55. The SMILES string of the molecule is CCCCCCCCCCN(CCCCCCCCCC)CCSS(=O)(=O)O. The van der Waals surface area contributed by atoms with Crippen molar-refractivity contribution in [2.75, 3.05) is 25.4 Å². The van der Waals surface area contributed by atoms with E-state index >= 15 is 0 Å². The average molecular weight is 438 g/mol. The van der Waals surface area contributed by atoms with Gasteiger partial charge in [-0.2, -0.15) is 8.42 Å². The smallest absolute Gasteiger partial charge is 0.302 e. The van der Waals surface area contributed by atoms with Crippen LogP contribution < -0.4 is 0 Å². The standard InChI is InChI=1S/C22H47NO3S2/c1-3-5-7-9-11-13-15-17-19-23(21-22-27-28(24,25)26)20-18-16-14-12-10-8-6-4-2/h3-22H2,1-2H3,(H,24,25,26). The van der Waals surface area contributed by atoms with Gasteiger partial charge in [0.1, 0.15) is 0 Å². The highest BCUT2D eigenvalue weighted by molar-refractivity contribution is 8.69. The zero-order chi connectivity index (χ0) is 20.9. The summed E-state index contributed by atoms with van der Waals surface area (Å²) in [5.74, 6) is 0.451. The predicted octanol–water partition coefficient (Wildman–Crippen LogP) is 7.11. The lowest BCUT2D eigenvalue weighted by molar-refractivity contribution is 0.275. The third-order valence-electron chi connectivity index (χ3n) is 5.30. The first-order valence-corrected chi connectivity index (χ1v) is 14.8. The van der Waals surface area contributed by atoms with Gasteiger partial charge in [0.15, 0.2) is 0 Å². The highest BCUT2D eigenvalue weighted by Gasteiger charge is 2.09. The van der Waals surface area contributed by atoms with E-state index in [2.05, 4.69) is 18.7 Å². The highest BCUT2D eigenvalue weighted by Crippen LogP contribution is 2.13. The Kier molecular flexibility index (Phi) is 20.7. The lowest BCUT2D eigenvalue weighted by Gasteiger charge is -2.22. The van der Waals surface area contributed by atoms with Gasteiger partial charge in [-0.3, -0.25) is 4.55 Å². The molecule has 4 nitrogen and oxygen atoms in total. The Morgan fingerprint density at radius 1 is 0.607 bits per heavy atom. The molecule has 0 amide bonds. The molecule has 0 saturated carbocycles. The molecule has 0 spiro atoms. The third kappa shape index (κ3) is 22.5. The summed E-state index contributed by atoms with van der Waals surface area (Å²) in [6.45, 7) is 7.36. The Morgan fingerprint density at radius 3 is 1.32 bits per heavy atom. The molecule has 0 aromatic carbocycles. The molecule has 28 heavy (non-hydrogen) atoms. The zero-order valence-electron chi connectivity index (χ0n) is 18.7. The van der Waals surface area contributed by atoms with E-state index in [1.165, 1.54) is 103 Å². The van der Waals surface area contributed by atoms with Crippen molar-refractivity contribution in [3.05, 3.63) is 0 Å². The molecule has 0 bridgehead atoms. The van der Waals surface area contributed by atoms with Gasteiger partial charge >= 0.3 is 9.15 Å². The van der Waals surface area contributed by atoms with Crippen LogP contribution in [0.1, 0.15) is 117 Å². The summed E-state index contributed by atoms with van der Waals surface area (Å²) in [4.78, 5) is 2.40. The van der Waals surface area contributed by atoms with Gasteiger partial charge < -0.3 is 4.90 Å². The molecule has 0 radical (unpaired) electrons. The van der Waals surface area contributed by atoms with Crippen LogP contribution in [-0.4, -0.2) is 43.3 Å². The summed E-state index contributed by atoms with van der Waals surface area (Å²) in [5.41, 5.74) is 0. The van der Waals surface area contributed by atoms with Crippen LogP contribution in [0.5, 0.6) is 0 Å². The summed E-state index contributed by atoms with van der Waals surface area (Å²) in [5, 5.41) is 0. The fraction of sp³-hybridized carbons (Fsp3) is 1.00. The lowest BCUT2D eigenvalue weighted by Crippen LogP contribution is -2.28. The molecular formula is C22H47NO3S2. The van der Waals surface area contributed by atoms with Crippen molar-refractivity contribution in [1.82, 2.24) is 4.90 Å². The Bertz CT molecular complexity index is 396. The molecule has 1 N–H and O–H groups in total. The van der Waals surface area contributed by atoms with Gasteiger partial charge in [0.05, 0.1) is 0 Å². The van der Waals surface area contributed by atoms with Crippen LogP contribution in [0.2, 0.25) is 0 Å². The van der Waals surface area contributed by atoms with Crippen molar-refractivity contribution in [1.29, 1.82) is 0 Å². The van der Waals surface area contributed by atoms with Crippen molar-refractivity contribution in [2.45, 2.75) is 117 Å². The molecule has 170 valence electrons. The Balaban J connectivity index is 3.88. The van der Waals surface area contributed by atoms with Crippen LogP contribution in [0.4, 0.5) is 0 Å². The van der Waals surface area contributed by atoms with E-state index in [4.69, 9.17) is 4.55 Å².